The van der Waals surface area contributed by atoms with Crippen molar-refractivity contribution in [3.05, 3.63) is 50.9 Å². The highest BCUT2D eigenvalue weighted by molar-refractivity contribution is 7.14. The molecular formula is C19H20N2O3S2. The molecule has 0 aliphatic heterocycles. The maximum atomic E-state index is 12.5. The van der Waals surface area contributed by atoms with Crippen molar-refractivity contribution in [2.75, 3.05) is 6.61 Å². The number of nitrogens with zero attached hydrogens (tertiary/aromatic N) is 2. The van der Waals surface area contributed by atoms with Crippen LogP contribution in [-0.2, 0) is 11.3 Å². The minimum absolute atomic E-state index is 0.193. The molecule has 3 aromatic rings. The molecule has 0 aliphatic carbocycles. The van der Waals surface area contributed by atoms with Crippen LogP contribution in [0.5, 0.6) is 0 Å². The lowest BCUT2D eigenvalue weighted by Gasteiger charge is -2.07. The summed E-state index contributed by atoms with van der Waals surface area (Å²) in [6.07, 6.45) is 0.995. The third-order valence-corrected chi connectivity index (χ3v) is 5.71. The third-order valence-electron chi connectivity index (χ3n) is 4.14. The first-order valence-electron chi connectivity index (χ1n) is 8.36. The van der Waals surface area contributed by atoms with E-state index in [1.54, 1.807) is 16.7 Å². The van der Waals surface area contributed by atoms with E-state index in [4.69, 9.17) is 4.74 Å². The number of hydrogen-bond donors (Lipinski definition) is 0. The lowest BCUT2D eigenvalue weighted by Crippen LogP contribution is -2.15. The molecule has 0 amide bonds. The molecule has 0 bridgehead atoms. The molecule has 26 heavy (non-hydrogen) atoms. The molecule has 0 unspecified atom stereocenters. The number of carbonyl (C=O) groups is 2. The fraction of sp³-hybridized carbons (Fsp3) is 0.316. The number of carbonyl (C=O) groups excluding carboxylic acids is 2. The van der Waals surface area contributed by atoms with Crippen molar-refractivity contribution in [1.82, 2.24) is 9.55 Å². The number of rotatable bonds is 7. The van der Waals surface area contributed by atoms with Gasteiger partial charge in [-0.1, -0.05) is 6.92 Å². The van der Waals surface area contributed by atoms with Gasteiger partial charge in [-0.25, -0.2) is 9.78 Å². The van der Waals surface area contributed by atoms with Gasteiger partial charge in [0, 0.05) is 39.8 Å². The number of thiophene rings is 1. The Morgan fingerprint density at radius 2 is 2.08 bits per heavy atom. The molecule has 0 aliphatic rings. The Labute approximate surface area is 160 Å². The van der Waals surface area contributed by atoms with Crippen LogP contribution in [0, 0.1) is 13.8 Å². The fourth-order valence-corrected chi connectivity index (χ4v) is 4.32. The van der Waals surface area contributed by atoms with Crippen molar-refractivity contribution >= 4 is 34.4 Å². The SMILES string of the molecule is CCCn1c(C)cc(C(=O)COC(=O)c2csc(-c3ccsc3)n2)c1C. The fourth-order valence-electron chi connectivity index (χ4n) is 2.82. The number of ether oxygens (including phenoxy) is 1. The Bertz CT molecular complexity index is 923. The number of Topliss-reactive ketones (excluding diaryl/α,β-unsaturated/α-hetero) is 1. The second-order valence-corrected chi connectivity index (χ2v) is 7.62. The first-order valence-corrected chi connectivity index (χ1v) is 10.2. The summed E-state index contributed by atoms with van der Waals surface area (Å²) < 4.78 is 7.30. The molecule has 7 heteroatoms. The van der Waals surface area contributed by atoms with Crippen LogP contribution in [-0.4, -0.2) is 27.9 Å². The zero-order valence-electron chi connectivity index (χ0n) is 14.9. The van der Waals surface area contributed by atoms with Crippen molar-refractivity contribution in [3.63, 3.8) is 0 Å². The predicted octanol–water partition coefficient (Wildman–Crippen LogP) is 4.74. The number of ketones is 1. The van der Waals surface area contributed by atoms with E-state index in [1.807, 2.05) is 36.7 Å². The largest absolute Gasteiger partial charge is 0.453 e. The van der Waals surface area contributed by atoms with Crippen LogP contribution in [0.15, 0.2) is 28.3 Å². The molecule has 0 fully saturated rings. The van der Waals surface area contributed by atoms with E-state index in [-0.39, 0.29) is 18.1 Å². The number of aromatic nitrogens is 2. The Kier molecular flexibility index (Phi) is 5.68. The number of hydrogen-bond acceptors (Lipinski definition) is 6. The predicted molar refractivity (Wildman–Crippen MR) is 104 cm³/mol. The van der Waals surface area contributed by atoms with E-state index in [9.17, 15) is 9.59 Å². The molecule has 0 N–H and O–H groups in total. The van der Waals surface area contributed by atoms with E-state index in [2.05, 4.69) is 16.5 Å². The van der Waals surface area contributed by atoms with Gasteiger partial charge in [-0.2, -0.15) is 11.3 Å². The van der Waals surface area contributed by atoms with Gasteiger partial charge in [0.05, 0.1) is 0 Å². The average Bonchev–Trinajstić information content (AvgIpc) is 3.35. The number of esters is 1. The highest BCUT2D eigenvalue weighted by Gasteiger charge is 2.19. The van der Waals surface area contributed by atoms with Gasteiger partial charge >= 0.3 is 5.97 Å². The lowest BCUT2D eigenvalue weighted by atomic mass is 10.1. The van der Waals surface area contributed by atoms with E-state index in [1.165, 1.54) is 11.3 Å². The zero-order chi connectivity index (χ0) is 18.7. The quantitative estimate of drug-likeness (QED) is 0.433. The molecule has 5 nitrogen and oxygen atoms in total. The van der Waals surface area contributed by atoms with Gasteiger partial charge in [0.15, 0.2) is 12.3 Å². The lowest BCUT2D eigenvalue weighted by molar-refractivity contribution is 0.0469. The highest BCUT2D eigenvalue weighted by atomic mass is 32.1. The van der Waals surface area contributed by atoms with Crippen LogP contribution >= 0.6 is 22.7 Å². The normalized spacial score (nSPS) is 10.9. The summed E-state index contributed by atoms with van der Waals surface area (Å²) in [4.78, 5) is 28.9. The molecule has 0 atom stereocenters. The second kappa shape index (κ2) is 7.97. The maximum Gasteiger partial charge on any atom is 0.358 e. The summed E-state index contributed by atoms with van der Waals surface area (Å²) in [5.41, 5.74) is 3.79. The van der Waals surface area contributed by atoms with Gasteiger partial charge in [-0.3, -0.25) is 4.79 Å². The van der Waals surface area contributed by atoms with Gasteiger partial charge in [0.1, 0.15) is 5.01 Å². The molecule has 3 rings (SSSR count). The molecule has 0 saturated heterocycles. The van der Waals surface area contributed by atoms with Crippen molar-refractivity contribution in [1.29, 1.82) is 0 Å². The van der Waals surface area contributed by atoms with Gasteiger partial charge in [0.25, 0.3) is 0 Å². The van der Waals surface area contributed by atoms with E-state index >= 15 is 0 Å². The van der Waals surface area contributed by atoms with E-state index in [0.717, 1.165) is 34.9 Å². The van der Waals surface area contributed by atoms with Crippen LogP contribution in [0.4, 0.5) is 0 Å². The summed E-state index contributed by atoms with van der Waals surface area (Å²) in [7, 11) is 0. The number of thiazole rings is 1. The standard InChI is InChI=1S/C19H20N2O3S2/c1-4-6-21-12(2)8-15(13(21)3)17(22)9-24-19(23)16-11-26-18(20-16)14-5-7-25-10-14/h5,7-8,10-11H,4,6,9H2,1-3H3. The van der Waals surface area contributed by atoms with Crippen molar-refractivity contribution in [2.24, 2.45) is 0 Å². The van der Waals surface area contributed by atoms with Crippen molar-refractivity contribution in [3.8, 4) is 10.6 Å². The summed E-state index contributed by atoms with van der Waals surface area (Å²) in [6.45, 7) is 6.59. The Morgan fingerprint density at radius 1 is 1.27 bits per heavy atom. The summed E-state index contributed by atoms with van der Waals surface area (Å²) >= 11 is 2.96. The topological polar surface area (TPSA) is 61.2 Å². The summed E-state index contributed by atoms with van der Waals surface area (Å²) in [6, 6.07) is 3.81. The Balaban J connectivity index is 1.65. The molecule has 3 aromatic heterocycles. The molecule has 0 spiro atoms. The second-order valence-electron chi connectivity index (χ2n) is 5.99. The highest BCUT2D eigenvalue weighted by Crippen LogP contribution is 2.26. The molecule has 0 radical (unpaired) electrons. The van der Waals surface area contributed by atoms with Crippen LogP contribution in [0.2, 0.25) is 0 Å². The van der Waals surface area contributed by atoms with Crippen LogP contribution in [0.25, 0.3) is 10.6 Å². The van der Waals surface area contributed by atoms with E-state index in [0.29, 0.717) is 5.56 Å². The van der Waals surface area contributed by atoms with Crippen LogP contribution < -0.4 is 0 Å². The molecule has 136 valence electrons. The average molecular weight is 389 g/mol. The van der Waals surface area contributed by atoms with Crippen molar-refractivity contribution < 1.29 is 14.3 Å². The zero-order valence-corrected chi connectivity index (χ0v) is 16.6. The first kappa shape index (κ1) is 18.5. The van der Waals surface area contributed by atoms with Crippen molar-refractivity contribution in [2.45, 2.75) is 33.7 Å². The molecule has 0 saturated carbocycles. The Hall–Kier alpha value is -2.25. The summed E-state index contributed by atoms with van der Waals surface area (Å²) in [5.74, 6) is -0.763. The maximum absolute atomic E-state index is 12.5. The smallest absolute Gasteiger partial charge is 0.358 e. The molecule has 3 heterocycles. The van der Waals surface area contributed by atoms with Gasteiger partial charge in [-0.15, -0.1) is 11.3 Å². The van der Waals surface area contributed by atoms with Gasteiger partial charge in [0.2, 0.25) is 5.78 Å². The number of aryl methyl sites for hydroxylation is 1. The Morgan fingerprint density at radius 3 is 2.77 bits per heavy atom. The molecular weight excluding hydrogens is 368 g/mol. The monoisotopic (exact) mass is 388 g/mol. The van der Waals surface area contributed by atoms with Crippen LogP contribution in [0.3, 0.4) is 0 Å². The minimum atomic E-state index is -0.571. The minimum Gasteiger partial charge on any atom is -0.453 e. The first-order chi connectivity index (χ1) is 12.5. The van der Waals surface area contributed by atoms with Gasteiger partial charge < -0.3 is 9.30 Å². The summed E-state index contributed by atoms with van der Waals surface area (Å²) in [5, 5.41) is 6.37. The van der Waals surface area contributed by atoms with Gasteiger partial charge in [-0.05, 0) is 37.8 Å². The third kappa shape index (κ3) is 3.78. The van der Waals surface area contributed by atoms with E-state index < -0.39 is 5.97 Å². The molecule has 0 aromatic carbocycles. The van der Waals surface area contributed by atoms with Crippen LogP contribution in [0.1, 0.15) is 45.6 Å².